The Kier molecular flexibility index (Phi) is 5.65. The summed E-state index contributed by atoms with van der Waals surface area (Å²) in [6, 6.07) is 16.4. The number of aromatic nitrogens is 2. The fourth-order valence-corrected chi connectivity index (χ4v) is 3.69. The topological polar surface area (TPSA) is 61.4 Å². The van der Waals surface area contributed by atoms with E-state index >= 15 is 0 Å². The molecule has 0 spiro atoms. The predicted octanol–water partition coefficient (Wildman–Crippen LogP) is 4.42. The molecule has 2 aromatic carbocycles. The van der Waals surface area contributed by atoms with E-state index in [1.165, 1.54) is 11.1 Å². The van der Waals surface area contributed by atoms with Crippen molar-refractivity contribution in [2.45, 2.75) is 20.8 Å². The number of hydrogen-bond donors (Lipinski definition) is 1. The number of urea groups is 1. The Labute approximate surface area is 177 Å². The van der Waals surface area contributed by atoms with Crippen LogP contribution in [-0.2, 0) is 0 Å². The molecule has 6 nitrogen and oxygen atoms in total. The fraction of sp³-hybridized carbons (Fsp3) is 0.292. The monoisotopic (exact) mass is 401 g/mol. The van der Waals surface area contributed by atoms with Crippen molar-refractivity contribution in [3.8, 4) is 11.3 Å². The van der Waals surface area contributed by atoms with E-state index in [0.29, 0.717) is 13.1 Å². The maximum absolute atomic E-state index is 12.7. The van der Waals surface area contributed by atoms with Gasteiger partial charge >= 0.3 is 6.03 Å². The summed E-state index contributed by atoms with van der Waals surface area (Å²) in [7, 11) is 0. The first-order valence-electron chi connectivity index (χ1n) is 10.3. The second-order valence-corrected chi connectivity index (χ2v) is 7.85. The number of nitrogens with zero attached hydrogens (tertiary/aromatic N) is 4. The van der Waals surface area contributed by atoms with Crippen molar-refractivity contribution in [2.75, 3.05) is 36.4 Å². The van der Waals surface area contributed by atoms with Crippen LogP contribution in [0.3, 0.4) is 0 Å². The molecule has 1 aromatic heterocycles. The molecule has 1 aliphatic heterocycles. The molecular weight excluding hydrogens is 374 g/mol. The molecule has 1 N–H and O–H groups in total. The summed E-state index contributed by atoms with van der Waals surface area (Å²) in [6.07, 6.45) is 1.61. The van der Waals surface area contributed by atoms with Crippen LogP contribution < -0.4 is 10.2 Å². The number of nitrogens with one attached hydrogen (secondary N) is 1. The Morgan fingerprint density at radius 1 is 0.867 bits per heavy atom. The molecule has 0 radical (unpaired) electrons. The standard InChI is InChI=1S/C24H27N5O/c1-17-4-7-20(8-5-17)22-15-23(26-16-25-22)28-10-12-29(13-11-28)24(30)27-21-9-6-18(2)14-19(21)3/h4-9,14-16H,10-13H2,1-3H3,(H,27,30). The van der Waals surface area contributed by atoms with Gasteiger partial charge < -0.3 is 15.1 Å². The van der Waals surface area contributed by atoms with Gasteiger partial charge in [-0.05, 0) is 32.4 Å². The molecule has 2 heterocycles. The van der Waals surface area contributed by atoms with Crippen LogP contribution in [-0.4, -0.2) is 47.1 Å². The van der Waals surface area contributed by atoms with Crippen LogP contribution in [0.4, 0.5) is 16.3 Å². The summed E-state index contributed by atoms with van der Waals surface area (Å²) < 4.78 is 0. The number of carbonyl (C=O) groups excluding carboxylic acids is 1. The molecule has 154 valence electrons. The Morgan fingerprint density at radius 3 is 2.27 bits per heavy atom. The molecule has 1 saturated heterocycles. The van der Waals surface area contributed by atoms with Gasteiger partial charge in [-0.3, -0.25) is 0 Å². The molecule has 1 fully saturated rings. The van der Waals surface area contributed by atoms with E-state index < -0.39 is 0 Å². The third kappa shape index (κ3) is 4.43. The zero-order chi connectivity index (χ0) is 21.1. The minimum atomic E-state index is -0.0513. The molecule has 2 amide bonds. The van der Waals surface area contributed by atoms with E-state index in [4.69, 9.17) is 0 Å². The van der Waals surface area contributed by atoms with Crippen LogP contribution >= 0.6 is 0 Å². The first kappa shape index (κ1) is 19.9. The van der Waals surface area contributed by atoms with E-state index in [-0.39, 0.29) is 6.03 Å². The Bertz CT molecular complexity index is 1040. The van der Waals surface area contributed by atoms with Gasteiger partial charge in [-0.15, -0.1) is 0 Å². The largest absolute Gasteiger partial charge is 0.353 e. The summed E-state index contributed by atoms with van der Waals surface area (Å²) in [4.78, 5) is 25.6. The molecule has 30 heavy (non-hydrogen) atoms. The van der Waals surface area contributed by atoms with E-state index in [2.05, 4.69) is 64.4 Å². The highest BCUT2D eigenvalue weighted by molar-refractivity contribution is 5.90. The lowest BCUT2D eigenvalue weighted by Crippen LogP contribution is -2.50. The highest BCUT2D eigenvalue weighted by Crippen LogP contribution is 2.22. The molecule has 6 heteroatoms. The van der Waals surface area contributed by atoms with Gasteiger partial charge in [0.1, 0.15) is 12.1 Å². The highest BCUT2D eigenvalue weighted by atomic mass is 16.2. The van der Waals surface area contributed by atoms with Gasteiger partial charge in [0.05, 0.1) is 5.69 Å². The number of anilines is 2. The second kappa shape index (κ2) is 8.53. The van der Waals surface area contributed by atoms with Crippen molar-refractivity contribution in [1.29, 1.82) is 0 Å². The first-order valence-corrected chi connectivity index (χ1v) is 10.3. The van der Waals surface area contributed by atoms with Crippen LogP contribution in [0.25, 0.3) is 11.3 Å². The molecule has 3 aromatic rings. The predicted molar refractivity (Wildman–Crippen MR) is 121 cm³/mol. The Balaban J connectivity index is 1.39. The van der Waals surface area contributed by atoms with Crippen molar-refractivity contribution in [2.24, 2.45) is 0 Å². The van der Waals surface area contributed by atoms with Gasteiger partial charge in [0.25, 0.3) is 0 Å². The van der Waals surface area contributed by atoms with Gasteiger partial charge in [-0.1, -0.05) is 47.5 Å². The summed E-state index contributed by atoms with van der Waals surface area (Å²) >= 11 is 0. The third-order valence-corrected chi connectivity index (χ3v) is 5.51. The molecule has 0 atom stereocenters. The van der Waals surface area contributed by atoms with Gasteiger partial charge in [0.15, 0.2) is 0 Å². The van der Waals surface area contributed by atoms with Gasteiger partial charge in [0.2, 0.25) is 0 Å². The summed E-state index contributed by atoms with van der Waals surface area (Å²) in [5.41, 5.74) is 6.35. The van der Waals surface area contributed by atoms with E-state index in [1.54, 1.807) is 6.33 Å². The summed E-state index contributed by atoms with van der Waals surface area (Å²) in [5, 5.41) is 3.04. The normalized spacial score (nSPS) is 14.0. The average Bonchev–Trinajstić information content (AvgIpc) is 2.76. The lowest BCUT2D eigenvalue weighted by molar-refractivity contribution is 0.208. The maximum Gasteiger partial charge on any atom is 0.321 e. The van der Waals surface area contributed by atoms with Crippen LogP contribution in [0.2, 0.25) is 0 Å². The molecule has 0 bridgehead atoms. The second-order valence-electron chi connectivity index (χ2n) is 7.85. The lowest BCUT2D eigenvalue weighted by Gasteiger charge is -2.35. The van der Waals surface area contributed by atoms with Gasteiger partial charge in [0, 0.05) is 43.5 Å². The van der Waals surface area contributed by atoms with Crippen LogP contribution in [0, 0.1) is 20.8 Å². The molecule has 0 unspecified atom stereocenters. The molecule has 0 aliphatic carbocycles. The van der Waals surface area contributed by atoms with Gasteiger partial charge in [-0.25, -0.2) is 14.8 Å². The molecule has 1 aliphatic rings. The quantitative estimate of drug-likeness (QED) is 0.706. The van der Waals surface area contributed by atoms with Crippen molar-refractivity contribution >= 4 is 17.5 Å². The number of amides is 2. The zero-order valence-electron chi connectivity index (χ0n) is 17.7. The smallest absolute Gasteiger partial charge is 0.321 e. The minimum absolute atomic E-state index is 0.0513. The Hall–Kier alpha value is -3.41. The van der Waals surface area contributed by atoms with Crippen molar-refractivity contribution < 1.29 is 4.79 Å². The minimum Gasteiger partial charge on any atom is -0.353 e. The number of rotatable bonds is 3. The maximum atomic E-state index is 12.7. The summed E-state index contributed by atoms with van der Waals surface area (Å²) in [6.45, 7) is 8.93. The number of piperazine rings is 1. The van der Waals surface area contributed by atoms with Crippen LogP contribution in [0.5, 0.6) is 0 Å². The van der Waals surface area contributed by atoms with Crippen molar-refractivity contribution in [3.63, 3.8) is 0 Å². The SMILES string of the molecule is Cc1ccc(-c2cc(N3CCN(C(=O)Nc4ccc(C)cc4C)CC3)ncn2)cc1. The van der Waals surface area contributed by atoms with E-state index in [1.807, 2.05) is 30.0 Å². The average molecular weight is 402 g/mol. The zero-order valence-corrected chi connectivity index (χ0v) is 17.7. The number of hydrogen-bond acceptors (Lipinski definition) is 4. The number of benzene rings is 2. The van der Waals surface area contributed by atoms with Crippen LogP contribution in [0.1, 0.15) is 16.7 Å². The lowest BCUT2D eigenvalue weighted by atomic mass is 10.1. The Morgan fingerprint density at radius 2 is 1.57 bits per heavy atom. The summed E-state index contributed by atoms with van der Waals surface area (Å²) in [5.74, 6) is 0.898. The van der Waals surface area contributed by atoms with Crippen molar-refractivity contribution in [1.82, 2.24) is 14.9 Å². The first-order chi connectivity index (χ1) is 14.5. The van der Waals surface area contributed by atoms with Crippen LogP contribution in [0.15, 0.2) is 54.9 Å². The molecule has 0 saturated carbocycles. The van der Waals surface area contributed by atoms with E-state index in [0.717, 1.165) is 41.4 Å². The number of carbonyl (C=O) groups is 1. The fourth-order valence-electron chi connectivity index (χ4n) is 3.69. The van der Waals surface area contributed by atoms with Crippen molar-refractivity contribution in [3.05, 3.63) is 71.5 Å². The number of aryl methyl sites for hydroxylation is 3. The highest BCUT2D eigenvalue weighted by Gasteiger charge is 2.22. The molecule has 4 rings (SSSR count). The van der Waals surface area contributed by atoms with Gasteiger partial charge in [-0.2, -0.15) is 0 Å². The molecular formula is C24H27N5O. The third-order valence-electron chi connectivity index (χ3n) is 5.51. The van der Waals surface area contributed by atoms with E-state index in [9.17, 15) is 4.79 Å².